The Hall–Kier alpha value is -1.59. The molecule has 0 aliphatic rings. The fraction of sp³-hybridized carbons (Fsp3) is 0.625. The van der Waals surface area contributed by atoms with Crippen molar-refractivity contribution in [1.82, 2.24) is 4.90 Å². The lowest BCUT2D eigenvalue weighted by molar-refractivity contribution is -0.160. The molecule has 80 valence electrons. The predicted octanol–water partition coefficient (Wildman–Crippen LogP) is -0.217. The van der Waals surface area contributed by atoms with Crippen LogP contribution in [0, 0.1) is 0 Å². The molecule has 0 saturated carbocycles. The molecular weight excluding hydrogens is 190 g/mol. The normalized spacial score (nSPS) is 11.9. The van der Waals surface area contributed by atoms with Crippen LogP contribution < -0.4 is 0 Å². The zero-order chi connectivity index (χ0) is 11.3. The molecule has 0 aromatic rings. The summed E-state index contributed by atoms with van der Waals surface area (Å²) < 4.78 is 0. The average molecular weight is 203 g/mol. The number of hydrogen-bond donors (Lipinski definition) is 2. The number of amides is 1. The zero-order valence-electron chi connectivity index (χ0n) is 8.06. The fourth-order valence-electron chi connectivity index (χ4n) is 1.16. The molecule has 6 heteroatoms. The molecule has 0 unspecified atom stereocenters. The molecular formula is C8H13NO5. The van der Waals surface area contributed by atoms with Gasteiger partial charge in [-0.05, 0) is 13.3 Å². The highest BCUT2D eigenvalue weighted by Gasteiger charge is 2.30. The number of hydrogen-bond acceptors (Lipinski definition) is 3. The third-order valence-corrected chi connectivity index (χ3v) is 1.83. The number of carbonyl (C=O) groups excluding carboxylic acids is 1. The molecule has 0 aromatic carbocycles. The van der Waals surface area contributed by atoms with Gasteiger partial charge in [-0.3, -0.25) is 4.79 Å². The highest BCUT2D eigenvalue weighted by atomic mass is 16.4. The van der Waals surface area contributed by atoms with Gasteiger partial charge in [-0.1, -0.05) is 6.92 Å². The van der Waals surface area contributed by atoms with Crippen LogP contribution in [0.4, 0.5) is 0 Å². The van der Waals surface area contributed by atoms with Gasteiger partial charge in [-0.25, -0.2) is 9.59 Å². The molecule has 14 heavy (non-hydrogen) atoms. The fourth-order valence-corrected chi connectivity index (χ4v) is 1.16. The lowest BCUT2D eigenvalue weighted by Gasteiger charge is -2.24. The second-order valence-electron chi connectivity index (χ2n) is 2.66. The molecule has 0 heterocycles. The molecule has 6 nitrogen and oxygen atoms in total. The molecule has 0 rings (SSSR count). The highest BCUT2D eigenvalue weighted by Crippen LogP contribution is 2.05. The van der Waals surface area contributed by atoms with Crippen molar-refractivity contribution in [1.29, 1.82) is 0 Å². The van der Waals surface area contributed by atoms with Gasteiger partial charge in [0.2, 0.25) is 0 Å². The van der Waals surface area contributed by atoms with Crippen molar-refractivity contribution in [2.24, 2.45) is 0 Å². The largest absolute Gasteiger partial charge is 0.480 e. The summed E-state index contributed by atoms with van der Waals surface area (Å²) in [4.78, 5) is 32.9. The molecule has 1 atom stereocenters. The van der Waals surface area contributed by atoms with Crippen LogP contribution in [0.1, 0.15) is 20.3 Å². The lowest BCUT2D eigenvalue weighted by Crippen LogP contribution is -2.47. The number of nitrogens with zero attached hydrogens (tertiary/aromatic N) is 1. The monoisotopic (exact) mass is 203 g/mol. The van der Waals surface area contributed by atoms with Gasteiger partial charge in [0.1, 0.15) is 6.04 Å². The van der Waals surface area contributed by atoms with Crippen LogP contribution in [-0.4, -0.2) is 45.5 Å². The van der Waals surface area contributed by atoms with Crippen molar-refractivity contribution in [2.45, 2.75) is 26.3 Å². The highest BCUT2D eigenvalue weighted by molar-refractivity contribution is 6.31. The Morgan fingerprint density at radius 2 is 1.71 bits per heavy atom. The first kappa shape index (κ1) is 12.4. The Morgan fingerprint density at radius 3 is 1.93 bits per heavy atom. The number of aliphatic carboxylic acids is 2. The van der Waals surface area contributed by atoms with Gasteiger partial charge in [0.05, 0.1) is 0 Å². The number of carboxylic acids is 2. The molecule has 0 aromatic heterocycles. The first-order valence-electron chi connectivity index (χ1n) is 4.22. The third kappa shape index (κ3) is 2.72. The maximum atomic E-state index is 11.0. The Bertz CT molecular complexity index is 250. The second-order valence-corrected chi connectivity index (χ2v) is 2.66. The minimum absolute atomic E-state index is 0.0654. The number of carbonyl (C=O) groups is 3. The third-order valence-electron chi connectivity index (χ3n) is 1.83. The number of carboxylic acid groups (broad SMARTS) is 2. The molecule has 0 spiro atoms. The van der Waals surface area contributed by atoms with Crippen LogP contribution in [0.15, 0.2) is 0 Å². The van der Waals surface area contributed by atoms with Crippen LogP contribution in [0.25, 0.3) is 0 Å². The van der Waals surface area contributed by atoms with Gasteiger partial charge in [-0.2, -0.15) is 0 Å². The first-order valence-corrected chi connectivity index (χ1v) is 4.22. The smallest absolute Gasteiger partial charge is 0.394 e. The zero-order valence-corrected chi connectivity index (χ0v) is 8.06. The summed E-state index contributed by atoms with van der Waals surface area (Å²) in [7, 11) is 0. The van der Waals surface area contributed by atoms with E-state index in [9.17, 15) is 14.4 Å². The van der Waals surface area contributed by atoms with Crippen LogP contribution in [0.2, 0.25) is 0 Å². The molecule has 0 saturated heterocycles. The lowest BCUT2D eigenvalue weighted by atomic mass is 10.2. The average Bonchev–Trinajstić information content (AvgIpc) is 2.11. The van der Waals surface area contributed by atoms with E-state index < -0.39 is 23.9 Å². The van der Waals surface area contributed by atoms with Crippen molar-refractivity contribution in [3.05, 3.63) is 0 Å². The maximum Gasteiger partial charge on any atom is 0.394 e. The van der Waals surface area contributed by atoms with Gasteiger partial charge in [-0.15, -0.1) is 0 Å². The van der Waals surface area contributed by atoms with E-state index in [1.807, 2.05) is 0 Å². The van der Waals surface area contributed by atoms with Crippen molar-refractivity contribution < 1.29 is 24.6 Å². The van der Waals surface area contributed by atoms with Crippen molar-refractivity contribution >= 4 is 17.8 Å². The van der Waals surface area contributed by atoms with E-state index >= 15 is 0 Å². The summed E-state index contributed by atoms with van der Waals surface area (Å²) in [5, 5.41) is 17.1. The Kier molecular flexibility index (Phi) is 4.62. The second kappa shape index (κ2) is 5.21. The predicted molar refractivity (Wildman–Crippen MR) is 46.7 cm³/mol. The van der Waals surface area contributed by atoms with Gasteiger partial charge in [0.15, 0.2) is 0 Å². The van der Waals surface area contributed by atoms with E-state index in [2.05, 4.69) is 0 Å². The Labute approximate surface area is 81.1 Å². The summed E-state index contributed by atoms with van der Waals surface area (Å²) in [6.07, 6.45) is 0.183. The Morgan fingerprint density at radius 1 is 1.21 bits per heavy atom. The summed E-state index contributed by atoms with van der Waals surface area (Å²) >= 11 is 0. The Balaban J connectivity index is 4.76. The van der Waals surface area contributed by atoms with E-state index in [1.54, 1.807) is 6.92 Å². The molecule has 0 radical (unpaired) electrons. The van der Waals surface area contributed by atoms with Gasteiger partial charge >= 0.3 is 17.8 Å². The topological polar surface area (TPSA) is 94.9 Å². The standard InChI is InChI=1S/C8H13NO5/c1-3-5(7(11)12)9(4-2)6(10)8(13)14/h5H,3-4H2,1-2H3,(H,11,12)(H,13,14)/t5-/m1/s1. The van der Waals surface area contributed by atoms with Crippen LogP contribution >= 0.6 is 0 Å². The summed E-state index contributed by atoms with van der Waals surface area (Å²) in [6.45, 7) is 3.18. The molecule has 1 amide bonds. The van der Waals surface area contributed by atoms with Crippen LogP contribution in [-0.2, 0) is 14.4 Å². The quantitative estimate of drug-likeness (QED) is 0.616. The summed E-state index contributed by atoms with van der Waals surface area (Å²) in [5.41, 5.74) is 0. The van der Waals surface area contributed by atoms with Crippen LogP contribution in [0.3, 0.4) is 0 Å². The number of likely N-dealkylation sites (N-methyl/N-ethyl adjacent to an activating group) is 1. The molecule has 0 bridgehead atoms. The van der Waals surface area contributed by atoms with E-state index in [0.717, 1.165) is 4.90 Å². The van der Waals surface area contributed by atoms with Crippen molar-refractivity contribution in [2.75, 3.05) is 6.54 Å². The van der Waals surface area contributed by atoms with Gasteiger partial charge < -0.3 is 15.1 Å². The maximum absolute atomic E-state index is 11.0. The summed E-state index contributed by atoms with van der Waals surface area (Å²) in [6, 6.07) is -1.07. The first-order chi connectivity index (χ1) is 6.45. The molecule has 0 aliphatic carbocycles. The van der Waals surface area contributed by atoms with E-state index in [4.69, 9.17) is 10.2 Å². The van der Waals surface area contributed by atoms with Gasteiger partial charge in [0.25, 0.3) is 0 Å². The molecule has 0 aliphatic heterocycles. The molecule has 2 N–H and O–H groups in total. The van der Waals surface area contributed by atoms with E-state index in [1.165, 1.54) is 6.92 Å². The van der Waals surface area contributed by atoms with Gasteiger partial charge in [0, 0.05) is 6.54 Å². The summed E-state index contributed by atoms with van der Waals surface area (Å²) in [5.74, 6) is -4.00. The minimum atomic E-state index is -1.63. The van der Waals surface area contributed by atoms with E-state index in [-0.39, 0.29) is 13.0 Å². The van der Waals surface area contributed by atoms with Crippen molar-refractivity contribution in [3.8, 4) is 0 Å². The SMILES string of the molecule is CC[C@H](C(=O)O)N(CC)C(=O)C(=O)O. The number of rotatable bonds is 4. The van der Waals surface area contributed by atoms with E-state index in [0.29, 0.717) is 0 Å². The van der Waals surface area contributed by atoms with Crippen LogP contribution in [0.5, 0.6) is 0 Å². The minimum Gasteiger partial charge on any atom is -0.480 e. The van der Waals surface area contributed by atoms with Crippen molar-refractivity contribution in [3.63, 3.8) is 0 Å². The molecule has 0 fully saturated rings.